The highest BCUT2D eigenvalue weighted by atomic mass is 32.2. The molecule has 1 saturated carbocycles. The van der Waals surface area contributed by atoms with Crippen LogP contribution in [0.1, 0.15) is 24.8 Å². The van der Waals surface area contributed by atoms with Gasteiger partial charge in [0.2, 0.25) is 16.0 Å². The Balaban J connectivity index is 1.30. The van der Waals surface area contributed by atoms with Gasteiger partial charge < -0.3 is 15.1 Å². The van der Waals surface area contributed by atoms with Crippen LogP contribution in [0.3, 0.4) is 0 Å². The first-order valence-corrected chi connectivity index (χ1v) is 13.7. The Morgan fingerprint density at radius 1 is 1.15 bits per heavy atom. The van der Waals surface area contributed by atoms with Crippen LogP contribution in [0.25, 0.3) is 10.9 Å². The van der Waals surface area contributed by atoms with Gasteiger partial charge >= 0.3 is 0 Å². The molecule has 3 saturated heterocycles. The first-order valence-electron chi connectivity index (χ1n) is 11.9. The summed E-state index contributed by atoms with van der Waals surface area (Å²) in [5.74, 6) is 1.67. The molecule has 3 unspecified atom stereocenters. The molecule has 6 rings (SSSR count). The van der Waals surface area contributed by atoms with Gasteiger partial charge in [0.05, 0.1) is 17.5 Å². The molecule has 4 aliphatic rings. The lowest BCUT2D eigenvalue weighted by Gasteiger charge is -2.26. The van der Waals surface area contributed by atoms with Crippen molar-refractivity contribution in [3.05, 3.63) is 23.9 Å². The minimum absolute atomic E-state index is 0.0618. The fraction of sp³-hybridized carbons (Fsp3) is 0.652. The number of piperidine rings is 1. The fourth-order valence-corrected chi connectivity index (χ4v) is 7.32. The summed E-state index contributed by atoms with van der Waals surface area (Å²) in [6, 6.07) is 3.55. The lowest BCUT2D eigenvalue weighted by atomic mass is 9.86. The van der Waals surface area contributed by atoms with Crippen LogP contribution in [0, 0.1) is 17.3 Å². The summed E-state index contributed by atoms with van der Waals surface area (Å²) in [7, 11) is -1.10. The predicted octanol–water partition coefficient (Wildman–Crippen LogP) is 2.40. The zero-order chi connectivity index (χ0) is 23.8. The number of hydrogen-bond donors (Lipinski definition) is 1. The topological polar surface area (TPSA) is 81.7 Å². The molecular weight excluding hydrogens is 462 g/mol. The maximum atomic E-state index is 13.8. The van der Waals surface area contributed by atoms with E-state index in [0.29, 0.717) is 54.4 Å². The molecule has 34 heavy (non-hydrogen) atoms. The largest absolute Gasteiger partial charge is 0.369 e. The summed E-state index contributed by atoms with van der Waals surface area (Å²) in [5.41, 5.74) is 1.18. The second-order valence-corrected chi connectivity index (χ2v) is 12.7. The molecular formula is C23H30F2N6O2S. The van der Waals surface area contributed by atoms with E-state index in [2.05, 4.69) is 27.1 Å². The van der Waals surface area contributed by atoms with E-state index in [1.54, 1.807) is 10.4 Å². The highest BCUT2D eigenvalue weighted by Gasteiger charge is 2.55. The highest BCUT2D eigenvalue weighted by Crippen LogP contribution is 2.47. The van der Waals surface area contributed by atoms with E-state index < -0.39 is 16.4 Å². The number of halogens is 2. The zero-order valence-electron chi connectivity index (χ0n) is 19.4. The number of fused-ring (bicyclic) bond motifs is 2. The Labute approximate surface area is 198 Å². The average molecular weight is 493 g/mol. The van der Waals surface area contributed by atoms with E-state index in [9.17, 15) is 17.2 Å². The van der Waals surface area contributed by atoms with Gasteiger partial charge in [0.15, 0.2) is 0 Å². The zero-order valence-corrected chi connectivity index (χ0v) is 20.2. The molecule has 8 nitrogen and oxygen atoms in total. The Bertz CT molecular complexity index is 1230. The van der Waals surface area contributed by atoms with Crippen molar-refractivity contribution >= 4 is 32.6 Å². The van der Waals surface area contributed by atoms with E-state index in [1.807, 2.05) is 0 Å². The second-order valence-electron chi connectivity index (χ2n) is 10.7. The van der Waals surface area contributed by atoms with Crippen molar-refractivity contribution in [2.24, 2.45) is 17.3 Å². The van der Waals surface area contributed by atoms with Crippen LogP contribution in [0.15, 0.2) is 18.3 Å². The highest BCUT2D eigenvalue weighted by molar-refractivity contribution is 7.88. The number of nitrogens with one attached hydrogen (secondary N) is 1. The monoisotopic (exact) mass is 492 g/mol. The van der Waals surface area contributed by atoms with Crippen molar-refractivity contribution in [3.8, 4) is 0 Å². The minimum atomic E-state index is -3.22. The molecule has 4 fully saturated rings. The standard InChI is InChI=1S/C23H30F2N6O2S/c1-29-10-16-17(11-29)19(16)27-22-26-9-15-14(21(24)25)3-4-18(20(15)28-22)30-7-5-23(12-30)6-8-31(13-23)34(2,32)33/h3-4,9,16-17,19,21H,5-8,10-13H2,1-2H3,(H,26,27,28). The van der Waals surface area contributed by atoms with Gasteiger partial charge in [0.25, 0.3) is 6.43 Å². The van der Waals surface area contributed by atoms with Gasteiger partial charge in [0.1, 0.15) is 0 Å². The first-order chi connectivity index (χ1) is 16.1. The number of aromatic nitrogens is 2. The number of likely N-dealkylation sites (tertiary alicyclic amines) is 1. The smallest absolute Gasteiger partial charge is 0.264 e. The van der Waals surface area contributed by atoms with Gasteiger partial charge in [-0.1, -0.05) is 6.07 Å². The van der Waals surface area contributed by atoms with Crippen LogP contribution in [-0.2, 0) is 10.0 Å². The summed E-state index contributed by atoms with van der Waals surface area (Å²) in [6.45, 7) is 4.58. The summed E-state index contributed by atoms with van der Waals surface area (Å²) < 4.78 is 53.2. The number of sulfonamides is 1. The molecule has 1 aliphatic carbocycles. The Kier molecular flexibility index (Phi) is 5.06. The van der Waals surface area contributed by atoms with Gasteiger partial charge in [-0.05, 0) is 37.8 Å². The number of rotatable bonds is 5. The third-order valence-corrected chi connectivity index (χ3v) is 9.57. The quantitative estimate of drug-likeness (QED) is 0.687. The molecule has 2 aromatic rings. The normalized spacial score (nSPS) is 31.8. The van der Waals surface area contributed by atoms with Crippen LogP contribution < -0.4 is 10.2 Å². The lowest BCUT2D eigenvalue weighted by Crippen LogP contribution is -2.33. The number of alkyl halides is 2. The molecule has 184 valence electrons. The molecule has 3 aliphatic heterocycles. The first kappa shape index (κ1) is 22.4. The molecule has 1 spiro atoms. The molecule has 1 aromatic carbocycles. The van der Waals surface area contributed by atoms with Crippen molar-refractivity contribution in [2.45, 2.75) is 25.3 Å². The predicted molar refractivity (Wildman–Crippen MR) is 127 cm³/mol. The van der Waals surface area contributed by atoms with E-state index >= 15 is 0 Å². The summed E-state index contributed by atoms with van der Waals surface area (Å²) in [5, 5.41) is 3.81. The number of hydrogen-bond acceptors (Lipinski definition) is 7. The third kappa shape index (κ3) is 3.72. The van der Waals surface area contributed by atoms with E-state index in [1.165, 1.54) is 18.5 Å². The molecule has 1 N–H and O–H groups in total. The molecule has 3 atom stereocenters. The van der Waals surface area contributed by atoms with Crippen LogP contribution in [0.2, 0.25) is 0 Å². The summed E-state index contributed by atoms with van der Waals surface area (Å²) in [6.07, 6.45) is 1.84. The van der Waals surface area contributed by atoms with Gasteiger partial charge in [-0.2, -0.15) is 0 Å². The molecule has 0 amide bonds. The van der Waals surface area contributed by atoms with Crippen molar-refractivity contribution in [3.63, 3.8) is 0 Å². The van der Waals surface area contributed by atoms with Crippen LogP contribution in [0.4, 0.5) is 20.4 Å². The number of nitrogens with zero attached hydrogens (tertiary/aromatic N) is 5. The van der Waals surface area contributed by atoms with E-state index in [4.69, 9.17) is 4.98 Å². The average Bonchev–Trinajstić information content (AvgIpc) is 3.22. The van der Waals surface area contributed by atoms with Gasteiger partial charge in [-0.25, -0.2) is 31.5 Å². The van der Waals surface area contributed by atoms with Gasteiger partial charge in [-0.15, -0.1) is 0 Å². The maximum Gasteiger partial charge on any atom is 0.264 e. The summed E-state index contributed by atoms with van der Waals surface area (Å²) in [4.78, 5) is 13.6. The summed E-state index contributed by atoms with van der Waals surface area (Å²) >= 11 is 0. The molecule has 4 heterocycles. The number of benzene rings is 1. The SMILES string of the molecule is CN1CC2C(C1)C2Nc1ncc2c(C(F)F)ccc(N3CCC4(CCN(S(C)(=O)=O)C4)C3)c2n1. The Hall–Kier alpha value is -2.11. The lowest BCUT2D eigenvalue weighted by molar-refractivity contribution is 0.153. The molecule has 0 radical (unpaired) electrons. The Morgan fingerprint density at radius 3 is 2.56 bits per heavy atom. The van der Waals surface area contributed by atoms with E-state index in [0.717, 1.165) is 38.2 Å². The minimum Gasteiger partial charge on any atom is -0.369 e. The molecule has 11 heteroatoms. The second kappa shape index (κ2) is 7.69. The molecule has 0 bridgehead atoms. The van der Waals surface area contributed by atoms with Crippen molar-refractivity contribution < 1.29 is 17.2 Å². The third-order valence-electron chi connectivity index (χ3n) is 8.32. The van der Waals surface area contributed by atoms with Crippen molar-refractivity contribution in [2.75, 3.05) is 62.8 Å². The van der Waals surface area contributed by atoms with Crippen LogP contribution >= 0.6 is 0 Å². The molecule has 1 aromatic heterocycles. The number of anilines is 2. The Morgan fingerprint density at radius 2 is 1.88 bits per heavy atom. The fourth-order valence-electron chi connectivity index (χ4n) is 6.39. The van der Waals surface area contributed by atoms with E-state index in [-0.39, 0.29) is 11.0 Å². The van der Waals surface area contributed by atoms with Crippen molar-refractivity contribution in [1.29, 1.82) is 0 Å². The van der Waals surface area contributed by atoms with Gasteiger partial charge in [0, 0.05) is 67.9 Å². The van der Waals surface area contributed by atoms with Crippen LogP contribution in [-0.4, -0.2) is 86.2 Å². The van der Waals surface area contributed by atoms with Crippen LogP contribution in [0.5, 0.6) is 0 Å². The van der Waals surface area contributed by atoms with Gasteiger partial charge in [-0.3, -0.25) is 0 Å². The van der Waals surface area contributed by atoms with Crippen molar-refractivity contribution in [1.82, 2.24) is 19.2 Å². The maximum absolute atomic E-state index is 13.8.